The first-order chi connectivity index (χ1) is 18.7. The van der Waals surface area contributed by atoms with Crippen LogP contribution in [0, 0.1) is 22.9 Å². The van der Waals surface area contributed by atoms with Crippen molar-refractivity contribution in [1.29, 1.82) is 0 Å². The molecule has 3 aromatic rings. The zero-order valence-corrected chi connectivity index (χ0v) is 21.5. The van der Waals surface area contributed by atoms with Gasteiger partial charge >= 0.3 is 5.97 Å². The third-order valence-corrected chi connectivity index (χ3v) is 7.58. The Morgan fingerprint density at radius 2 is 1.87 bits per heavy atom. The standard InChI is InChI=1S/C28H31F4N3O4/c1-39-19-2-3-23-20(14-19)25(17(15-29)16-34-23)24(36)4-5-28(27(37)38)6-9-35(10-7-28)11-8-33-18-12-21(30)26(32)22(31)13-18/h2-3,12-14,16,24,33,36H,4-11,15H2,1H3,(H,37,38)/t24-/m1/s1. The SMILES string of the molecule is COc1ccc2ncc(CF)c([C@H](O)CCC3(C(=O)O)CCN(CCNc4cc(F)c(F)c(F)c4)CC3)c2c1. The van der Waals surface area contributed by atoms with Crippen molar-refractivity contribution in [3.05, 3.63) is 65.1 Å². The Hall–Kier alpha value is -3.44. The number of rotatable bonds is 11. The average molecular weight is 550 g/mol. The molecule has 0 unspecified atom stereocenters. The van der Waals surface area contributed by atoms with Crippen LogP contribution in [-0.2, 0) is 11.5 Å². The molecule has 210 valence electrons. The van der Waals surface area contributed by atoms with Gasteiger partial charge in [0.2, 0.25) is 0 Å². The summed E-state index contributed by atoms with van der Waals surface area (Å²) >= 11 is 0. The van der Waals surface area contributed by atoms with Crippen molar-refractivity contribution in [1.82, 2.24) is 9.88 Å². The number of aromatic nitrogens is 1. The van der Waals surface area contributed by atoms with E-state index < -0.39 is 41.6 Å². The molecule has 0 saturated carbocycles. The number of carbonyl (C=O) groups is 1. The van der Waals surface area contributed by atoms with Gasteiger partial charge in [-0.2, -0.15) is 0 Å². The quantitative estimate of drug-likeness (QED) is 0.223. The van der Waals surface area contributed by atoms with Gasteiger partial charge in [0.1, 0.15) is 12.4 Å². The molecule has 4 rings (SSSR count). The van der Waals surface area contributed by atoms with Crippen molar-refractivity contribution in [2.24, 2.45) is 5.41 Å². The normalized spacial score (nSPS) is 16.3. The first-order valence-corrected chi connectivity index (χ1v) is 12.7. The van der Waals surface area contributed by atoms with Crippen molar-refractivity contribution < 1.29 is 37.3 Å². The summed E-state index contributed by atoms with van der Waals surface area (Å²) in [6.45, 7) is 0.941. The lowest BCUT2D eigenvalue weighted by Gasteiger charge is -2.39. The number of ether oxygens (including phenoxy) is 1. The first-order valence-electron chi connectivity index (χ1n) is 12.7. The lowest BCUT2D eigenvalue weighted by molar-refractivity contribution is -0.153. The Labute approximate surface area is 223 Å². The molecule has 0 radical (unpaired) electrons. The average Bonchev–Trinajstić information content (AvgIpc) is 2.94. The number of alkyl halides is 1. The fourth-order valence-electron chi connectivity index (χ4n) is 5.21. The molecular formula is C28H31F4N3O4. The number of hydrogen-bond acceptors (Lipinski definition) is 6. The molecule has 2 heterocycles. The van der Waals surface area contributed by atoms with E-state index in [-0.39, 0.29) is 24.1 Å². The van der Waals surface area contributed by atoms with Gasteiger partial charge in [0.05, 0.1) is 24.1 Å². The van der Waals surface area contributed by atoms with Crippen LogP contribution in [0.2, 0.25) is 0 Å². The summed E-state index contributed by atoms with van der Waals surface area (Å²) < 4.78 is 59.0. The molecule has 0 amide bonds. The van der Waals surface area contributed by atoms with Crippen molar-refractivity contribution in [3.8, 4) is 5.75 Å². The van der Waals surface area contributed by atoms with Crippen LogP contribution in [0.5, 0.6) is 5.75 Å². The third kappa shape index (κ3) is 6.25. The van der Waals surface area contributed by atoms with E-state index in [4.69, 9.17) is 4.74 Å². The molecule has 11 heteroatoms. The summed E-state index contributed by atoms with van der Waals surface area (Å²) in [6, 6.07) is 6.89. The maximum atomic E-state index is 13.8. The van der Waals surface area contributed by atoms with Crippen molar-refractivity contribution in [3.63, 3.8) is 0 Å². The molecule has 3 N–H and O–H groups in total. The largest absolute Gasteiger partial charge is 0.497 e. The number of benzene rings is 2. The minimum absolute atomic E-state index is 0.117. The molecule has 39 heavy (non-hydrogen) atoms. The first kappa shape index (κ1) is 28.6. The van der Waals surface area contributed by atoms with E-state index >= 15 is 0 Å². The van der Waals surface area contributed by atoms with Gasteiger partial charge in [-0.3, -0.25) is 9.78 Å². The smallest absolute Gasteiger partial charge is 0.309 e. The van der Waals surface area contributed by atoms with Crippen LogP contribution in [-0.4, -0.2) is 59.4 Å². The minimum atomic E-state index is -1.52. The van der Waals surface area contributed by atoms with Crippen LogP contribution in [0.1, 0.15) is 42.9 Å². The maximum Gasteiger partial charge on any atom is 0.309 e. The Balaban J connectivity index is 1.38. The Bertz CT molecular complexity index is 1300. The number of aliphatic hydroxyl groups excluding tert-OH is 1. The number of hydrogen-bond donors (Lipinski definition) is 3. The molecule has 1 aliphatic heterocycles. The van der Waals surface area contributed by atoms with E-state index in [1.165, 1.54) is 13.3 Å². The molecule has 1 saturated heterocycles. The number of nitrogens with zero attached hydrogens (tertiary/aromatic N) is 2. The van der Waals surface area contributed by atoms with Gasteiger partial charge in [-0.25, -0.2) is 17.6 Å². The van der Waals surface area contributed by atoms with Crippen LogP contribution in [0.15, 0.2) is 36.5 Å². The highest BCUT2D eigenvalue weighted by Gasteiger charge is 2.41. The lowest BCUT2D eigenvalue weighted by Crippen LogP contribution is -2.45. The molecular weight excluding hydrogens is 518 g/mol. The summed E-state index contributed by atoms with van der Waals surface area (Å²) in [5.41, 5.74) is 0.272. The minimum Gasteiger partial charge on any atom is -0.497 e. The number of likely N-dealkylation sites (tertiary alicyclic amines) is 1. The van der Waals surface area contributed by atoms with E-state index in [1.54, 1.807) is 18.2 Å². The Morgan fingerprint density at radius 1 is 1.18 bits per heavy atom. The van der Waals surface area contributed by atoms with Gasteiger partial charge in [-0.1, -0.05) is 0 Å². The predicted molar refractivity (Wildman–Crippen MR) is 138 cm³/mol. The number of fused-ring (bicyclic) bond motifs is 1. The van der Waals surface area contributed by atoms with Gasteiger partial charge < -0.3 is 25.2 Å². The van der Waals surface area contributed by atoms with Crippen LogP contribution < -0.4 is 10.1 Å². The Kier molecular flexibility index (Phi) is 8.91. The van der Waals surface area contributed by atoms with E-state index in [9.17, 15) is 32.6 Å². The lowest BCUT2D eigenvalue weighted by atomic mass is 9.74. The Morgan fingerprint density at radius 3 is 2.49 bits per heavy atom. The molecule has 0 aliphatic carbocycles. The fraction of sp³-hybridized carbons (Fsp3) is 0.429. The number of carboxylic acid groups (broad SMARTS) is 1. The molecule has 1 atom stereocenters. The number of pyridine rings is 1. The van der Waals surface area contributed by atoms with Crippen molar-refractivity contribution in [2.45, 2.75) is 38.5 Å². The fourth-order valence-corrected chi connectivity index (χ4v) is 5.21. The number of carboxylic acids is 1. The zero-order chi connectivity index (χ0) is 28.2. The van der Waals surface area contributed by atoms with Crippen LogP contribution in [0.25, 0.3) is 10.9 Å². The van der Waals surface area contributed by atoms with Gasteiger partial charge in [-0.15, -0.1) is 0 Å². The summed E-state index contributed by atoms with van der Waals surface area (Å²) in [6.07, 6.45) is 1.30. The van der Waals surface area contributed by atoms with E-state index in [0.29, 0.717) is 61.2 Å². The number of anilines is 1. The molecule has 1 aliphatic rings. The van der Waals surface area contributed by atoms with Crippen LogP contribution >= 0.6 is 0 Å². The molecule has 7 nitrogen and oxygen atoms in total. The topological polar surface area (TPSA) is 94.9 Å². The monoisotopic (exact) mass is 549 g/mol. The molecule has 1 fully saturated rings. The summed E-state index contributed by atoms with van der Waals surface area (Å²) in [7, 11) is 1.51. The highest BCUT2D eigenvalue weighted by molar-refractivity contribution is 5.85. The van der Waals surface area contributed by atoms with E-state index in [0.717, 1.165) is 12.1 Å². The second kappa shape index (κ2) is 12.2. The summed E-state index contributed by atoms with van der Waals surface area (Å²) in [5.74, 6) is -4.49. The van der Waals surface area contributed by atoms with Crippen LogP contribution in [0.3, 0.4) is 0 Å². The number of methoxy groups -OCH3 is 1. The predicted octanol–water partition coefficient (Wildman–Crippen LogP) is 5.22. The second-order valence-electron chi connectivity index (χ2n) is 9.88. The summed E-state index contributed by atoms with van der Waals surface area (Å²) in [5, 5.41) is 24.6. The highest BCUT2D eigenvalue weighted by Crippen LogP contribution is 2.40. The maximum absolute atomic E-state index is 13.8. The number of halogens is 4. The highest BCUT2D eigenvalue weighted by atomic mass is 19.2. The summed E-state index contributed by atoms with van der Waals surface area (Å²) in [4.78, 5) is 18.6. The third-order valence-electron chi connectivity index (χ3n) is 7.58. The number of nitrogens with one attached hydrogen (secondary N) is 1. The zero-order valence-electron chi connectivity index (χ0n) is 21.5. The van der Waals surface area contributed by atoms with Gasteiger partial charge in [0, 0.05) is 48.1 Å². The van der Waals surface area contributed by atoms with E-state index in [2.05, 4.69) is 10.3 Å². The molecule has 0 bridgehead atoms. The van der Waals surface area contributed by atoms with Crippen molar-refractivity contribution in [2.75, 3.05) is 38.6 Å². The molecule has 0 spiro atoms. The number of piperidine rings is 1. The molecule has 1 aromatic heterocycles. The van der Waals surface area contributed by atoms with E-state index in [1.807, 2.05) is 4.90 Å². The molecule has 2 aromatic carbocycles. The van der Waals surface area contributed by atoms with Gasteiger partial charge in [0.15, 0.2) is 17.5 Å². The van der Waals surface area contributed by atoms with Gasteiger partial charge in [0.25, 0.3) is 0 Å². The van der Waals surface area contributed by atoms with Crippen molar-refractivity contribution >= 4 is 22.6 Å². The second-order valence-corrected chi connectivity index (χ2v) is 9.88. The van der Waals surface area contributed by atoms with Gasteiger partial charge in [-0.05, 0) is 62.5 Å². The van der Waals surface area contributed by atoms with Crippen LogP contribution in [0.4, 0.5) is 23.2 Å². The number of aliphatic carboxylic acids is 1. The number of aliphatic hydroxyl groups is 1.